The van der Waals surface area contributed by atoms with Gasteiger partial charge in [-0.3, -0.25) is 4.90 Å². The summed E-state index contributed by atoms with van der Waals surface area (Å²) in [7, 11) is 0. The molecule has 4 nitrogen and oxygen atoms in total. The molecule has 2 aliphatic rings. The standard InChI is InChI=1S/C16H23N3OS/c1-2-17-16(20)19-8-7-12-5-6-13(10-15(12)19)18-14-4-3-9-21-11-14/h5-6,10,14,18H,2-4,7-9,11H2,1H3,(H,17,20)/t14-/m1/s1. The number of urea groups is 1. The van der Waals surface area contributed by atoms with Gasteiger partial charge in [0, 0.05) is 30.6 Å². The largest absolute Gasteiger partial charge is 0.381 e. The number of amides is 2. The molecule has 0 aromatic heterocycles. The lowest BCUT2D eigenvalue weighted by atomic mass is 10.1. The molecular formula is C16H23N3OS. The average molecular weight is 305 g/mol. The number of rotatable bonds is 3. The molecule has 0 bridgehead atoms. The van der Waals surface area contributed by atoms with Crippen LogP contribution in [0, 0.1) is 0 Å². The Morgan fingerprint density at radius 1 is 1.48 bits per heavy atom. The highest BCUT2D eigenvalue weighted by atomic mass is 32.2. The van der Waals surface area contributed by atoms with Gasteiger partial charge in [-0.25, -0.2) is 4.79 Å². The van der Waals surface area contributed by atoms with Crippen molar-refractivity contribution in [2.45, 2.75) is 32.2 Å². The Morgan fingerprint density at radius 2 is 2.38 bits per heavy atom. The predicted octanol–water partition coefficient (Wildman–Crippen LogP) is 3.09. The summed E-state index contributed by atoms with van der Waals surface area (Å²) in [6.07, 6.45) is 3.48. The van der Waals surface area contributed by atoms with Crippen LogP contribution in [0.2, 0.25) is 0 Å². The molecule has 1 saturated heterocycles. The number of nitrogens with zero attached hydrogens (tertiary/aromatic N) is 1. The number of benzene rings is 1. The van der Waals surface area contributed by atoms with E-state index in [1.807, 2.05) is 23.6 Å². The Bertz CT molecular complexity index is 514. The van der Waals surface area contributed by atoms with E-state index in [4.69, 9.17) is 0 Å². The molecule has 0 spiro atoms. The van der Waals surface area contributed by atoms with Crippen molar-refractivity contribution in [2.75, 3.05) is 34.8 Å². The molecule has 5 heteroatoms. The molecule has 3 rings (SSSR count). The third-order valence-electron chi connectivity index (χ3n) is 4.09. The predicted molar refractivity (Wildman–Crippen MR) is 90.5 cm³/mol. The van der Waals surface area contributed by atoms with Crippen LogP contribution in [0.5, 0.6) is 0 Å². The van der Waals surface area contributed by atoms with Crippen LogP contribution >= 0.6 is 11.8 Å². The number of fused-ring (bicyclic) bond motifs is 1. The van der Waals surface area contributed by atoms with Crippen LogP contribution in [0.3, 0.4) is 0 Å². The minimum Gasteiger partial charge on any atom is -0.381 e. The molecule has 0 aliphatic carbocycles. The van der Waals surface area contributed by atoms with Crippen molar-refractivity contribution >= 4 is 29.2 Å². The second-order valence-electron chi connectivity index (χ2n) is 5.64. The maximum Gasteiger partial charge on any atom is 0.321 e. The van der Waals surface area contributed by atoms with E-state index < -0.39 is 0 Å². The number of hydrogen-bond acceptors (Lipinski definition) is 3. The summed E-state index contributed by atoms with van der Waals surface area (Å²) in [5.41, 5.74) is 3.47. The van der Waals surface area contributed by atoms with E-state index in [0.717, 1.165) is 24.3 Å². The number of anilines is 2. The molecule has 1 atom stereocenters. The van der Waals surface area contributed by atoms with Crippen molar-refractivity contribution in [3.05, 3.63) is 23.8 Å². The lowest BCUT2D eigenvalue weighted by molar-refractivity contribution is 0.247. The maximum absolute atomic E-state index is 12.1. The first kappa shape index (κ1) is 14.6. The van der Waals surface area contributed by atoms with E-state index in [-0.39, 0.29) is 6.03 Å². The summed E-state index contributed by atoms with van der Waals surface area (Å²) in [6.45, 7) is 3.40. The van der Waals surface area contributed by atoms with Gasteiger partial charge in [-0.05, 0) is 49.6 Å². The fourth-order valence-corrected chi connectivity index (χ4v) is 4.09. The number of carbonyl (C=O) groups excluding carboxylic acids is 1. The first-order valence-corrected chi connectivity index (χ1v) is 8.96. The summed E-state index contributed by atoms with van der Waals surface area (Å²) < 4.78 is 0. The summed E-state index contributed by atoms with van der Waals surface area (Å²) in [5.74, 6) is 2.46. The zero-order chi connectivity index (χ0) is 14.7. The van der Waals surface area contributed by atoms with Crippen LogP contribution in [-0.4, -0.2) is 36.7 Å². The SMILES string of the molecule is CCNC(=O)N1CCc2ccc(N[C@@H]3CCCSC3)cc21. The molecule has 114 valence electrons. The van der Waals surface area contributed by atoms with Gasteiger partial charge in [-0.1, -0.05) is 6.07 Å². The van der Waals surface area contributed by atoms with Crippen LogP contribution in [0.15, 0.2) is 18.2 Å². The Balaban J connectivity index is 1.73. The summed E-state index contributed by atoms with van der Waals surface area (Å²) in [4.78, 5) is 14.0. The van der Waals surface area contributed by atoms with Crippen LogP contribution in [-0.2, 0) is 6.42 Å². The monoisotopic (exact) mass is 305 g/mol. The molecule has 0 unspecified atom stereocenters. The Labute approximate surface area is 130 Å². The molecule has 21 heavy (non-hydrogen) atoms. The van der Waals surface area contributed by atoms with Gasteiger partial charge in [0.15, 0.2) is 0 Å². The first-order valence-electron chi connectivity index (χ1n) is 7.80. The van der Waals surface area contributed by atoms with Gasteiger partial charge >= 0.3 is 6.03 Å². The number of carbonyl (C=O) groups is 1. The van der Waals surface area contributed by atoms with Crippen molar-refractivity contribution in [1.82, 2.24) is 5.32 Å². The Morgan fingerprint density at radius 3 is 3.14 bits per heavy atom. The highest BCUT2D eigenvalue weighted by Crippen LogP contribution is 2.32. The van der Waals surface area contributed by atoms with E-state index in [1.54, 1.807) is 0 Å². The van der Waals surface area contributed by atoms with Crippen LogP contribution in [0.25, 0.3) is 0 Å². The molecule has 2 amide bonds. The second-order valence-corrected chi connectivity index (χ2v) is 6.79. The minimum absolute atomic E-state index is 0.0154. The topological polar surface area (TPSA) is 44.4 Å². The maximum atomic E-state index is 12.1. The molecule has 2 N–H and O–H groups in total. The fourth-order valence-electron chi connectivity index (χ4n) is 3.02. The zero-order valence-electron chi connectivity index (χ0n) is 12.5. The summed E-state index contributed by atoms with van der Waals surface area (Å²) >= 11 is 2.02. The fraction of sp³-hybridized carbons (Fsp3) is 0.562. The van der Waals surface area contributed by atoms with Gasteiger partial charge in [-0.2, -0.15) is 11.8 Å². The molecule has 2 heterocycles. The van der Waals surface area contributed by atoms with E-state index in [0.29, 0.717) is 12.6 Å². The van der Waals surface area contributed by atoms with E-state index >= 15 is 0 Å². The number of thioether (sulfide) groups is 1. The number of hydrogen-bond donors (Lipinski definition) is 2. The van der Waals surface area contributed by atoms with Crippen molar-refractivity contribution in [2.24, 2.45) is 0 Å². The zero-order valence-corrected chi connectivity index (χ0v) is 13.3. The van der Waals surface area contributed by atoms with Crippen molar-refractivity contribution in [1.29, 1.82) is 0 Å². The van der Waals surface area contributed by atoms with Gasteiger partial charge in [0.1, 0.15) is 0 Å². The molecule has 1 fully saturated rings. The van der Waals surface area contributed by atoms with Gasteiger partial charge in [0.2, 0.25) is 0 Å². The lowest BCUT2D eigenvalue weighted by Gasteiger charge is -2.24. The smallest absolute Gasteiger partial charge is 0.321 e. The Hall–Kier alpha value is -1.36. The van der Waals surface area contributed by atoms with Crippen molar-refractivity contribution in [3.63, 3.8) is 0 Å². The second kappa shape index (κ2) is 6.60. The minimum atomic E-state index is 0.0154. The quantitative estimate of drug-likeness (QED) is 0.902. The molecule has 0 saturated carbocycles. The van der Waals surface area contributed by atoms with Gasteiger partial charge in [0.05, 0.1) is 5.69 Å². The molecule has 0 radical (unpaired) electrons. The van der Waals surface area contributed by atoms with Gasteiger partial charge < -0.3 is 10.6 Å². The van der Waals surface area contributed by atoms with E-state index in [1.165, 1.54) is 29.9 Å². The molecule has 2 aliphatic heterocycles. The van der Waals surface area contributed by atoms with E-state index in [9.17, 15) is 4.79 Å². The third kappa shape index (κ3) is 3.28. The van der Waals surface area contributed by atoms with Gasteiger partial charge in [0.25, 0.3) is 0 Å². The highest BCUT2D eigenvalue weighted by molar-refractivity contribution is 7.99. The van der Waals surface area contributed by atoms with Crippen LogP contribution < -0.4 is 15.5 Å². The third-order valence-corrected chi connectivity index (χ3v) is 5.30. The first-order chi connectivity index (χ1) is 10.3. The Kier molecular flexibility index (Phi) is 4.58. The molecule has 1 aromatic carbocycles. The van der Waals surface area contributed by atoms with Crippen molar-refractivity contribution in [3.8, 4) is 0 Å². The molecular weight excluding hydrogens is 282 g/mol. The molecule has 1 aromatic rings. The van der Waals surface area contributed by atoms with E-state index in [2.05, 4.69) is 28.8 Å². The highest BCUT2D eigenvalue weighted by Gasteiger charge is 2.24. The van der Waals surface area contributed by atoms with Crippen LogP contribution in [0.1, 0.15) is 25.3 Å². The van der Waals surface area contributed by atoms with Crippen molar-refractivity contribution < 1.29 is 4.79 Å². The normalized spacial score (nSPS) is 21.0. The average Bonchev–Trinajstić information content (AvgIpc) is 2.92. The van der Waals surface area contributed by atoms with Crippen LogP contribution in [0.4, 0.5) is 16.2 Å². The number of nitrogens with one attached hydrogen (secondary N) is 2. The lowest BCUT2D eigenvalue weighted by Crippen LogP contribution is -2.38. The summed E-state index contributed by atoms with van der Waals surface area (Å²) in [5, 5.41) is 6.52. The van der Waals surface area contributed by atoms with Gasteiger partial charge in [-0.15, -0.1) is 0 Å². The summed E-state index contributed by atoms with van der Waals surface area (Å²) in [6, 6.07) is 7.02.